The molecule has 1 aromatic carbocycles. The van der Waals surface area contributed by atoms with E-state index >= 15 is 0 Å². The first-order valence-electron chi connectivity index (χ1n) is 10.1. The van der Waals surface area contributed by atoms with Gasteiger partial charge in [0.2, 0.25) is 0 Å². The number of aromatic hydroxyl groups is 1. The molecule has 1 fully saturated rings. The Balaban J connectivity index is 1.93. The summed E-state index contributed by atoms with van der Waals surface area (Å²) in [6.07, 6.45) is 4.98. The Morgan fingerprint density at radius 2 is 2.00 bits per heavy atom. The third-order valence-electron chi connectivity index (χ3n) is 6.87. The van der Waals surface area contributed by atoms with Crippen molar-refractivity contribution in [2.24, 2.45) is 17.3 Å². The number of hydrogen-bond donors (Lipinski definition) is 2. The van der Waals surface area contributed by atoms with Crippen molar-refractivity contribution in [1.82, 2.24) is 0 Å². The van der Waals surface area contributed by atoms with Crippen molar-refractivity contribution in [3.63, 3.8) is 0 Å². The Labute approximate surface area is 167 Å². The van der Waals surface area contributed by atoms with Crippen molar-refractivity contribution in [1.29, 1.82) is 0 Å². The SMILES string of the molecule is COc1cc(C(=O)O[C@@H]2CC(C)=CC[C@@]3(C)CC[C@](O)(C(C)C)[C@@H]23)ccc1O. The van der Waals surface area contributed by atoms with Gasteiger partial charge in [0.05, 0.1) is 18.3 Å². The van der Waals surface area contributed by atoms with Gasteiger partial charge in [-0.3, -0.25) is 0 Å². The molecule has 0 heterocycles. The highest BCUT2D eigenvalue weighted by Crippen LogP contribution is 2.58. The zero-order chi connectivity index (χ0) is 20.7. The van der Waals surface area contributed by atoms with Crippen LogP contribution in [-0.2, 0) is 4.74 Å². The van der Waals surface area contributed by atoms with Gasteiger partial charge >= 0.3 is 5.97 Å². The molecule has 2 aliphatic carbocycles. The van der Waals surface area contributed by atoms with Crippen LogP contribution in [0.1, 0.15) is 63.7 Å². The number of hydrogen-bond acceptors (Lipinski definition) is 5. The Bertz CT molecular complexity index is 783. The maximum Gasteiger partial charge on any atom is 0.338 e. The summed E-state index contributed by atoms with van der Waals surface area (Å²) < 4.78 is 11.1. The lowest BCUT2D eigenvalue weighted by Gasteiger charge is -2.43. The average molecular weight is 389 g/mol. The number of fused-ring (bicyclic) bond motifs is 1. The number of benzene rings is 1. The van der Waals surface area contributed by atoms with Gasteiger partial charge in [-0.2, -0.15) is 0 Å². The quantitative estimate of drug-likeness (QED) is 0.588. The Morgan fingerprint density at radius 1 is 1.29 bits per heavy atom. The fourth-order valence-electron chi connectivity index (χ4n) is 5.09. The molecule has 28 heavy (non-hydrogen) atoms. The topological polar surface area (TPSA) is 76.0 Å². The van der Waals surface area contributed by atoms with E-state index in [-0.39, 0.29) is 28.7 Å². The fourth-order valence-corrected chi connectivity index (χ4v) is 5.09. The van der Waals surface area contributed by atoms with Crippen LogP contribution in [-0.4, -0.2) is 35.0 Å². The van der Waals surface area contributed by atoms with Crippen molar-refractivity contribution in [2.75, 3.05) is 7.11 Å². The van der Waals surface area contributed by atoms with Gasteiger partial charge in [0.1, 0.15) is 6.10 Å². The summed E-state index contributed by atoms with van der Waals surface area (Å²) >= 11 is 0. The van der Waals surface area contributed by atoms with Crippen LogP contribution in [0.15, 0.2) is 29.8 Å². The van der Waals surface area contributed by atoms with Gasteiger partial charge < -0.3 is 19.7 Å². The van der Waals surface area contributed by atoms with Crippen LogP contribution >= 0.6 is 0 Å². The Kier molecular flexibility index (Phi) is 5.50. The molecule has 4 atom stereocenters. The van der Waals surface area contributed by atoms with Crippen LogP contribution in [0.3, 0.4) is 0 Å². The van der Waals surface area contributed by atoms with Gasteiger partial charge in [-0.15, -0.1) is 0 Å². The van der Waals surface area contributed by atoms with E-state index in [0.29, 0.717) is 12.0 Å². The van der Waals surface area contributed by atoms with Gasteiger partial charge in [-0.1, -0.05) is 32.4 Å². The van der Waals surface area contributed by atoms with E-state index in [4.69, 9.17) is 9.47 Å². The summed E-state index contributed by atoms with van der Waals surface area (Å²) in [5, 5.41) is 21.3. The summed E-state index contributed by atoms with van der Waals surface area (Å²) in [6, 6.07) is 4.44. The third-order valence-corrected chi connectivity index (χ3v) is 6.87. The first-order valence-corrected chi connectivity index (χ1v) is 10.1. The van der Waals surface area contributed by atoms with Crippen molar-refractivity contribution < 1.29 is 24.5 Å². The smallest absolute Gasteiger partial charge is 0.338 e. The zero-order valence-corrected chi connectivity index (χ0v) is 17.5. The molecule has 5 nitrogen and oxygen atoms in total. The molecular formula is C23H32O5. The van der Waals surface area contributed by atoms with Gasteiger partial charge in [0.25, 0.3) is 0 Å². The second kappa shape index (κ2) is 7.43. The van der Waals surface area contributed by atoms with Gasteiger partial charge in [0.15, 0.2) is 11.5 Å². The zero-order valence-electron chi connectivity index (χ0n) is 17.5. The van der Waals surface area contributed by atoms with Crippen molar-refractivity contribution in [2.45, 2.75) is 65.1 Å². The molecule has 0 aromatic heterocycles. The molecule has 0 aliphatic heterocycles. The van der Waals surface area contributed by atoms with E-state index in [9.17, 15) is 15.0 Å². The molecule has 0 unspecified atom stereocenters. The molecule has 0 bridgehead atoms. The number of allylic oxidation sites excluding steroid dienone is 1. The summed E-state index contributed by atoms with van der Waals surface area (Å²) in [5.41, 5.74) is 0.551. The molecule has 3 rings (SSSR count). The van der Waals surface area contributed by atoms with Gasteiger partial charge in [-0.05, 0) is 55.7 Å². The summed E-state index contributed by atoms with van der Waals surface area (Å²) in [7, 11) is 1.44. The predicted octanol–water partition coefficient (Wildman–Crippen LogP) is 4.47. The minimum atomic E-state index is -0.856. The molecule has 1 saturated carbocycles. The first kappa shape index (κ1) is 20.7. The number of phenols is 1. The number of carbonyl (C=O) groups excluding carboxylic acids is 1. The summed E-state index contributed by atoms with van der Waals surface area (Å²) in [6.45, 7) is 8.35. The summed E-state index contributed by atoms with van der Waals surface area (Å²) in [4.78, 5) is 12.9. The molecule has 0 saturated heterocycles. The van der Waals surface area contributed by atoms with E-state index in [1.54, 1.807) is 0 Å². The largest absolute Gasteiger partial charge is 0.504 e. The molecule has 0 amide bonds. The van der Waals surface area contributed by atoms with E-state index in [1.165, 1.54) is 30.9 Å². The third kappa shape index (κ3) is 3.52. The van der Waals surface area contributed by atoms with E-state index in [0.717, 1.165) is 19.3 Å². The highest BCUT2D eigenvalue weighted by atomic mass is 16.5. The van der Waals surface area contributed by atoms with Crippen molar-refractivity contribution in [3.05, 3.63) is 35.4 Å². The van der Waals surface area contributed by atoms with Crippen molar-refractivity contribution >= 4 is 5.97 Å². The van der Waals surface area contributed by atoms with Crippen LogP contribution < -0.4 is 4.74 Å². The number of rotatable bonds is 4. The maximum absolute atomic E-state index is 12.9. The van der Waals surface area contributed by atoms with Crippen LogP contribution in [0.25, 0.3) is 0 Å². The molecule has 2 aliphatic rings. The molecule has 1 aromatic rings. The van der Waals surface area contributed by atoms with Gasteiger partial charge in [-0.25, -0.2) is 4.79 Å². The van der Waals surface area contributed by atoms with E-state index in [2.05, 4.69) is 19.9 Å². The van der Waals surface area contributed by atoms with Crippen LogP contribution in [0, 0.1) is 17.3 Å². The second-order valence-corrected chi connectivity index (χ2v) is 9.07. The molecular weight excluding hydrogens is 356 g/mol. The number of carbonyl (C=O) groups is 1. The lowest BCUT2D eigenvalue weighted by molar-refractivity contribution is -0.112. The van der Waals surface area contributed by atoms with Gasteiger partial charge in [0, 0.05) is 12.3 Å². The fraction of sp³-hybridized carbons (Fsp3) is 0.609. The molecule has 154 valence electrons. The Morgan fingerprint density at radius 3 is 2.64 bits per heavy atom. The number of methoxy groups -OCH3 is 1. The lowest BCUT2D eigenvalue weighted by atomic mass is 9.67. The minimum Gasteiger partial charge on any atom is -0.504 e. The maximum atomic E-state index is 12.9. The lowest BCUT2D eigenvalue weighted by Crippen LogP contribution is -2.50. The second-order valence-electron chi connectivity index (χ2n) is 9.07. The summed E-state index contributed by atoms with van der Waals surface area (Å²) in [5.74, 6) is -0.302. The van der Waals surface area contributed by atoms with Crippen LogP contribution in [0.4, 0.5) is 0 Å². The standard InChI is InChI=1S/C23H32O5/c1-14(2)23(26)11-10-22(4)9-8-15(3)12-19(20(22)23)28-21(25)16-6-7-17(24)18(13-16)27-5/h6-8,13-14,19-20,24,26H,9-12H2,1-5H3/t19-,20+,22+,23+/m1/s1. The number of ether oxygens (including phenoxy) is 2. The molecule has 2 N–H and O–H groups in total. The first-order chi connectivity index (χ1) is 13.1. The normalized spacial score (nSPS) is 32.5. The predicted molar refractivity (Wildman–Crippen MR) is 107 cm³/mol. The molecule has 0 radical (unpaired) electrons. The van der Waals surface area contributed by atoms with Crippen LogP contribution in [0.2, 0.25) is 0 Å². The monoisotopic (exact) mass is 388 g/mol. The van der Waals surface area contributed by atoms with E-state index < -0.39 is 17.7 Å². The van der Waals surface area contributed by atoms with Crippen LogP contribution in [0.5, 0.6) is 11.5 Å². The molecule has 5 heteroatoms. The minimum absolute atomic E-state index is 0.0233. The highest BCUT2D eigenvalue weighted by Gasteiger charge is 2.59. The number of aliphatic hydroxyl groups is 1. The average Bonchev–Trinajstić information content (AvgIpc) is 2.85. The highest BCUT2D eigenvalue weighted by molar-refractivity contribution is 5.90. The number of phenolic OH excluding ortho intramolecular Hbond substituents is 1. The molecule has 0 spiro atoms. The number of esters is 1. The van der Waals surface area contributed by atoms with Crippen molar-refractivity contribution in [3.8, 4) is 11.5 Å². The van der Waals surface area contributed by atoms with E-state index in [1.807, 2.05) is 13.8 Å². The Hall–Kier alpha value is -2.01.